The number of methoxy groups -OCH3 is 2. The molecule has 1 saturated heterocycles. The van der Waals surface area contributed by atoms with Crippen molar-refractivity contribution in [2.75, 3.05) is 33.0 Å². The molecule has 33 heavy (non-hydrogen) atoms. The molecule has 2 aromatic heterocycles. The minimum atomic E-state index is -0.530. The number of hydrogen-bond acceptors (Lipinski definition) is 11. The number of hydrogen-bond donors (Lipinski definition) is 2. The zero-order valence-corrected chi connectivity index (χ0v) is 18.4. The third-order valence-corrected chi connectivity index (χ3v) is 5.28. The van der Waals surface area contributed by atoms with Gasteiger partial charge in [0.2, 0.25) is 11.6 Å². The van der Waals surface area contributed by atoms with E-state index in [1.165, 1.54) is 24.4 Å². The number of benzene rings is 1. The Hall–Kier alpha value is -4.00. The number of rotatable bonds is 8. The number of nitrogens with one attached hydrogen (secondary N) is 1. The van der Waals surface area contributed by atoms with Crippen LogP contribution in [0.3, 0.4) is 0 Å². The van der Waals surface area contributed by atoms with E-state index in [9.17, 15) is 4.79 Å². The highest BCUT2D eigenvalue weighted by molar-refractivity contribution is 5.95. The molecule has 0 unspecified atom stereocenters. The van der Waals surface area contributed by atoms with Crippen LogP contribution in [-0.2, 0) is 6.54 Å². The number of nitrogens with zero attached hydrogens (tertiary/aromatic N) is 7. The Morgan fingerprint density at radius 3 is 2.76 bits per heavy atom. The van der Waals surface area contributed by atoms with Crippen LogP contribution in [0.5, 0.6) is 11.5 Å². The fraction of sp³-hybridized carbons (Fsp3) is 0.400. The molecule has 1 aliphatic rings. The molecule has 3 heterocycles. The van der Waals surface area contributed by atoms with Crippen LogP contribution in [0.25, 0.3) is 5.82 Å². The smallest absolute Gasteiger partial charge is 0.292 e. The SMILES string of the molecule is COc1ccc(/C=N/NC(=O)c2c(CN3CCCCC3)nnn2-c2nonc2N)c(OC)c1. The quantitative estimate of drug-likeness (QED) is 0.370. The summed E-state index contributed by atoms with van der Waals surface area (Å²) in [5.74, 6) is 0.733. The fourth-order valence-electron chi connectivity index (χ4n) is 3.60. The molecule has 1 fully saturated rings. The molecular weight excluding hydrogens is 430 g/mol. The van der Waals surface area contributed by atoms with Gasteiger partial charge in [-0.25, -0.2) is 10.1 Å². The standard InChI is InChI=1S/C20H25N9O4/c1-31-14-7-6-13(16(10-14)32-2)11-22-24-20(30)17-15(12-28-8-4-3-5-9-28)23-27-29(17)19-18(21)25-33-26-19/h6-7,10-11H,3-5,8-9,12H2,1-2H3,(H2,21,25)(H,24,30)/b22-11+. The summed E-state index contributed by atoms with van der Waals surface area (Å²) in [7, 11) is 3.11. The molecule has 0 atom stereocenters. The van der Waals surface area contributed by atoms with Crippen molar-refractivity contribution >= 4 is 17.9 Å². The van der Waals surface area contributed by atoms with Gasteiger partial charge in [0.05, 0.1) is 20.4 Å². The normalized spacial score (nSPS) is 14.5. The van der Waals surface area contributed by atoms with Gasteiger partial charge in [-0.2, -0.15) is 9.78 Å². The molecule has 3 N–H and O–H groups in total. The number of aromatic nitrogens is 5. The van der Waals surface area contributed by atoms with Crippen molar-refractivity contribution in [3.63, 3.8) is 0 Å². The van der Waals surface area contributed by atoms with Crippen LogP contribution in [0.15, 0.2) is 27.9 Å². The van der Waals surface area contributed by atoms with Gasteiger partial charge in [-0.3, -0.25) is 9.69 Å². The van der Waals surface area contributed by atoms with Gasteiger partial charge in [-0.15, -0.1) is 5.10 Å². The van der Waals surface area contributed by atoms with Crippen LogP contribution in [0.1, 0.15) is 41.0 Å². The maximum Gasteiger partial charge on any atom is 0.292 e. The lowest BCUT2D eigenvalue weighted by atomic mass is 10.1. The van der Waals surface area contributed by atoms with E-state index in [1.54, 1.807) is 25.3 Å². The fourth-order valence-corrected chi connectivity index (χ4v) is 3.60. The first-order chi connectivity index (χ1) is 16.1. The third kappa shape index (κ3) is 4.92. The van der Waals surface area contributed by atoms with Crippen LogP contribution >= 0.6 is 0 Å². The van der Waals surface area contributed by atoms with Gasteiger partial charge in [0.25, 0.3) is 5.91 Å². The predicted octanol–water partition coefficient (Wildman–Crippen LogP) is 1.000. The molecule has 13 nitrogen and oxygen atoms in total. The first-order valence-corrected chi connectivity index (χ1v) is 10.4. The van der Waals surface area contributed by atoms with E-state index in [0.29, 0.717) is 29.3 Å². The van der Waals surface area contributed by atoms with Gasteiger partial charge in [-0.1, -0.05) is 11.6 Å². The van der Waals surface area contributed by atoms with E-state index < -0.39 is 5.91 Å². The third-order valence-electron chi connectivity index (χ3n) is 5.28. The second-order valence-electron chi connectivity index (χ2n) is 7.41. The average Bonchev–Trinajstić information content (AvgIpc) is 3.45. The van der Waals surface area contributed by atoms with Crippen LogP contribution in [0, 0.1) is 0 Å². The van der Waals surface area contributed by atoms with Gasteiger partial charge >= 0.3 is 0 Å². The van der Waals surface area contributed by atoms with E-state index in [1.807, 2.05) is 0 Å². The lowest BCUT2D eigenvalue weighted by Crippen LogP contribution is -2.31. The van der Waals surface area contributed by atoms with Gasteiger partial charge < -0.3 is 15.2 Å². The number of amides is 1. The molecule has 0 spiro atoms. The minimum Gasteiger partial charge on any atom is -0.497 e. The molecule has 0 saturated carbocycles. The molecule has 3 aromatic rings. The molecule has 0 aliphatic carbocycles. The van der Waals surface area contributed by atoms with Crippen molar-refractivity contribution in [3.05, 3.63) is 35.2 Å². The Morgan fingerprint density at radius 1 is 1.24 bits per heavy atom. The molecule has 174 valence electrons. The first kappa shape index (κ1) is 22.2. The van der Waals surface area contributed by atoms with Gasteiger partial charge in [-0.05, 0) is 48.4 Å². The second kappa shape index (κ2) is 10.1. The highest BCUT2D eigenvalue weighted by Gasteiger charge is 2.26. The summed E-state index contributed by atoms with van der Waals surface area (Å²) in [6.07, 6.45) is 4.87. The van der Waals surface area contributed by atoms with Crippen molar-refractivity contribution in [2.24, 2.45) is 5.10 Å². The van der Waals surface area contributed by atoms with Crippen LogP contribution in [0.2, 0.25) is 0 Å². The van der Waals surface area contributed by atoms with Crippen LogP contribution in [-0.4, -0.2) is 69.6 Å². The molecule has 0 radical (unpaired) electrons. The van der Waals surface area contributed by atoms with Gasteiger partial charge in [0.1, 0.15) is 17.2 Å². The largest absolute Gasteiger partial charge is 0.497 e. The number of carbonyl (C=O) groups is 1. The Balaban J connectivity index is 1.58. The van der Waals surface area contributed by atoms with Gasteiger partial charge in [0, 0.05) is 18.2 Å². The predicted molar refractivity (Wildman–Crippen MR) is 117 cm³/mol. The number of hydrazone groups is 1. The lowest BCUT2D eigenvalue weighted by Gasteiger charge is -2.25. The monoisotopic (exact) mass is 455 g/mol. The summed E-state index contributed by atoms with van der Waals surface area (Å²) < 4.78 is 16.4. The van der Waals surface area contributed by atoms with E-state index in [4.69, 9.17) is 15.2 Å². The molecule has 1 aromatic carbocycles. The summed E-state index contributed by atoms with van der Waals surface area (Å²) >= 11 is 0. The van der Waals surface area contributed by atoms with E-state index in [0.717, 1.165) is 25.9 Å². The molecule has 0 bridgehead atoms. The Labute approximate surface area is 189 Å². The zero-order chi connectivity index (χ0) is 23.2. The van der Waals surface area contributed by atoms with E-state index in [-0.39, 0.29) is 17.3 Å². The Morgan fingerprint density at radius 2 is 2.06 bits per heavy atom. The van der Waals surface area contributed by atoms with Gasteiger partial charge in [0.15, 0.2) is 5.69 Å². The first-order valence-electron chi connectivity index (χ1n) is 10.4. The van der Waals surface area contributed by atoms with Crippen molar-refractivity contribution < 1.29 is 18.9 Å². The number of likely N-dealkylation sites (tertiary alicyclic amines) is 1. The molecule has 4 rings (SSSR count). The number of nitrogen functional groups attached to an aromatic ring is 1. The zero-order valence-electron chi connectivity index (χ0n) is 18.4. The topological polar surface area (TPSA) is 159 Å². The lowest BCUT2D eigenvalue weighted by molar-refractivity contribution is 0.0944. The van der Waals surface area contributed by atoms with Crippen molar-refractivity contribution in [2.45, 2.75) is 25.8 Å². The molecule has 1 aliphatic heterocycles. The van der Waals surface area contributed by atoms with E-state index >= 15 is 0 Å². The van der Waals surface area contributed by atoms with Crippen molar-refractivity contribution in [1.82, 2.24) is 35.6 Å². The highest BCUT2D eigenvalue weighted by Crippen LogP contribution is 2.23. The Bertz CT molecular complexity index is 1130. The highest BCUT2D eigenvalue weighted by atomic mass is 16.6. The summed E-state index contributed by atoms with van der Waals surface area (Å²) in [4.78, 5) is 15.4. The van der Waals surface area contributed by atoms with Crippen molar-refractivity contribution in [3.8, 4) is 17.3 Å². The summed E-state index contributed by atoms with van der Waals surface area (Å²) in [5.41, 5.74) is 9.62. The van der Waals surface area contributed by atoms with Crippen LogP contribution in [0.4, 0.5) is 5.82 Å². The number of ether oxygens (including phenoxy) is 2. The maximum absolute atomic E-state index is 13.1. The summed E-state index contributed by atoms with van der Waals surface area (Å²) in [6.45, 7) is 2.32. The number of nitrogens with two attached hydrogens (primary N) is 1. The second-order valence-corrected chi connectivity index (χ2v) is 7.41. The summed E-state index contributed by atoms with van der Waals surface area (Å²) in [6, 6.07) is 5.25. The summed E-state index contributed by atoms with van der Waals surface area (Å²) in [5, 5.41) is 19.7. The molecule has 13 heteroatoms. The average molecular weight is 455 g/mol. The maximum atomic E-state index is 13.1. The van der Waals surface area contributed by atoms with E-state index in [2.05, 4.69) is 40.7 Å². The Kier molecular flexibility index (Phi) is 6.78. The van der Waals surface area contributed by atoms with Crippen molar-refractivity contribution in [1.29, 1.82) is 0 Å². The number of piperidine rings is 1. The molecule has 1 amide bonds. The number of anilines is 1. The molecular formula is C20H25N9O4. The minimum absolute atomic E-state index is 0.00931. The number of carbonyl (C=O) groups excluding carboxylic acids is 1. The van der Waals surface area contributed by atoms with Crippen LogP contribution < -0.4 is 20.6 Å².